The number of amides is 1. The summed E-state index contributed by atoms with van der Waals surface area (Å²) in [6, 6.07) is 12.8. The molecule has 0 aliphatic carbocycles. The van der Waals surface area contributed by atoms with E-state index in [1.165, 1.54) is 16.4 Å². The molecule has 0 atom stereocenters. The van der Waals surface area contributed by atoms with Crippen LogP contribution in [-0.4, -0.2) is 45.2 Å². The van der Waals surface area contributed by atoms with Gasteiger partial charge in [0.25, 0.3) is 11.5 Å². The lowest BCUT2D eigenvalue weighted by atomic mass is 10.1. The summed E-state index contributed by atoms with van der Waals surface area (Å²) in [4.78, 5) is 32.4. The van der Waals surface area contributed by atoms with Crippen LogP contribution in [0, 0.1) is 6.92 Å². The Hall–Kier alpha value is -3.13. The number of aromatic nitrogens is 2. The van der Waals surface area contributed by atoms with Crippen molar-refractivity contribution >= 4 is 39.3 Å². The van der Waals surface area contributed by atoms with Gasteiger partial charge in [-0.15, -0.1) is 0 Å². The first kappa shape index (κ1) is 20.2. The number of thioether (sulfide) groups is 1. The van der Waals surface area contributed by atoms with Crippen LogP contribution < -0.4 is 10.3 Å². The number of fused-ring (bicyclic) bond motifs is 1. The van der Waals surface area contributed by atoms with Crippen LogP contribution in [0.2, 0.25) is 0 Å². The van der Waals surface area contributed by atoms with Gasteiger partial charge in [-0.2, -0.15) is 5.10 Å². The summed E-state index contributed by atoms with van der Waals surface area (Å²) < 4.78 is 6.65. The SMILES string of the molecule is COc1ccc(C)cc1N=C1SCCCN1C(=O)c1nn(C)c(=O)c2ccccc12. The van der Waals surface area contributed by atoms with Crippen molar-refractivity contribution in [3.05, 3.63) is 64.1 Å². The summed E-state index contributed by atoms with van der Waals surface area (Å²) in [6.07, 6.45) is 0.851. The molecule has 0 unspecified atom stereocenters. The highest BCUT2D eigenvalue weighted by Gasteiger charge is 2.28. The Morgan fingerprint density at radius 1 is 1.20 bits per heavy atom. The molecule has 4 rings (SSSR count). The third kappa shape index (κ3) is 3.70. The predicted molar refractivity (Wildman–Crippen MR) is 120 cm³/mol. The lowest BCUT2D eigenvalue weighted by Gasteiger charge is -2.28. The quantitative estimate of drug-likeness (QED) is 0.646. The standard InChI is InChI=1S/C22H22N4O3S/c1-14-9-10-18(29-3)17(13-14)23-22-26(11-6-12-30-22)21(28)19-15-7-4-5-8-16(15)20(27)25(2)24-19/h4-5,7-10,13H,6,11-12H2,1-3H3. The van der Waals surface area contributed by atoms with Crippen LogP contribution in [0.5, 0.6) is 5.75 Å². The third-order valence-corrected chi connectivity index (χ3v) is 6.01. The summed E-state index contributed by atoms with van der Waals surface area (Å²) in [6.45, 7) is 2.53. The molecular formula is C22H22N4O3S. The van der Waals surface area contributed by atoms with E-state index in [2.05, 4.69) is 5.10 Å². The molecule has 3 aromatic rings. The van der Waals surface area contributed by atoms with Gasteiger partial charge in [0.15, 0.2) is 10.9 Å². The molecule has 1 saturated heterocycles. The van der Waals surface area contributed by atoms with Crippen molar-refractivity contribution in [1.82, 2.24) is 14.7 Å². The first-order valence-electron chi connectivity index (χ1n) is 9.63. The Morgan fingerprint density at radius 3 is 2.73 bits per heavy atom. The van der Waals surface area contributed by atoms with Crippen molar-refractivity contribution in [2.75, 3.05) is 19.4 Å². The van der Waals surface area contributed by atoms with Crippen molar-refractivity contribution < 1.29 is 9.53 Å². The van der Waals surface area contributed by atoms with Crippen LogP contribution in [0.25, 0.3) is 10.8 Å². The molecule has 0 bridgehead atoms. The number of nitrogens with zero attached hydrogens (tertiary/aromatic N) is 4. The Balaban J connectivity index is 1.81. The lowest BCUT2D eigenvalue weighted by Crippen LogP contribution is -2.40. The fourth-order valence-electron chi connectivity index (χ4n) is 3.42. The molecule has 8 heteroatoms. The first-order valence-corrected chi connectivity index (χ1v) is 10.6. The average molecular weight is 423 g/mol. The zero-order valence-corrected chi connectivity index (χ0v) is 17.9. The van der Waals surface area contributed by atoms with E-state index in [9.17, 15) is 9.59 Å². The molecule has 2 aromatic carbocycles. The number of ether oxygens (including phenoxy) is 1. The molecular weight excluding hydrogens is 400 g/mol. The number of benzene rings is 2. The molecule has 1 amide bonds. The molecule has 0 radical (unpaired) electrons. The Morgan fingerprint density at radius 2 is 1.97 bits per heavy atom. The van der Waals surface area contributed by atoms with Gasteiger partial charge < -0.3 is 4.74 Å². The maximum Gasteiger partial charge on any atom is 0.280 e. The van der Waals surface area contributed by atoms with Gasteiger partial charge in [-0.1, -0.05) is 36.0 Å². The smallest absolute Gasteiger partial charge is 0.280 e. The second-order valence-corrected chi connectivity index (χ2v) is 8.11. The van der Waals surface area contributed by atoms with Gasteiger partial charge in [0.2, 0.25) is 0 Å². The predicted octanol–water partition coefficient (Wildman–Crippen LogP) is 3.52. The van der Waals surface area contributed by atoms with Crippen molar-refractivity contribution in [3.63, 3.8) is 0 Å². The Bertz CT molecular complexity index is 1220. The number of aliphatic imine (C=N–C) groups is 1. The summed E-state index contributed by atoms with van der Waals surface area (Å²) in [5.74, 6) is 1.26. The van der Waals surface area contributed by atoms with E-state index in [1.807, 2.05) is 25.1 Å². The Labute approximate surface area is 178 Å². The second-order valence-electron chi connectivity index (χ2n) is 7.05. The molecule has 30 heavy (non-hydrogen) atoms. The highest BCUT2D eigenvalue weighted by Crippen LogP contribution is 2.31. The monoisotopic (exact) mass is 422 g/mol. The maximum absolute atomic E-state index is 13.5. The molecule has 7 nitrogen and oxygen atoms in total. The summed E-state index contributed by atoms with van der Waals surface area (Å²) >= 11 is 1.53. The van der Waals surface area contributed by atoms with Gasteiger partial charge in [-0.25, -0.2) is 9.67 Å². The lowest BCUT2D eigenvalue weighted by molar-refractivity contribution is 0.0843. The number of methoxy groups -OCH3 is 1. The van der Waals surface area contributed by atoms with Gasteiger partial charge >= 0.3 is 0 Å². The van der Waals surface area contributed by atoms with E-state index in [-0.39, 0.29) is 17.2 Å². The van der Waals surface area contributed by atoms with Gasteiger partial charge in [-0.3, -0.25) is 14.5 Å². The number of hydrogen-bond acceptors (Lipinski definition) is 6. The molecule has 1 aromatic heterocycles. The zero-order chi connectivity index (χ0) is 21.3. The maximum atomic E-state index is 13.5. The molecule has 0 N–H and O–H groups in total. The molecule has 0 saturated carbocycles. The fraction of sp³-hybridized carbons (Fsp3) is 0.273. The van der Waals surface area contributed by atoms with Crippen molar-refractivity contribution in [3.8, 4) is 5.75 Å². The van der Waals surface area contributed by atoms with Gasteiger partial charge in [0.1, 0.15) is 11.4 Å². The molecule has 2 heterocycles. The number of carbonyl (C=O) groups excluding carboxylic acids is 1. The number of aryl methyl sites for hydroxylation is 2. The van der Waals surface area contributed by atoms with E-state index < -0.39 is 0 Å². The van der Waals surface area contributed by atoms with Crippen molar-refractivity contribution in [2.24, 2.45) is 12.0 Å². The minimum Gasteiger partial charge on any atom is -0.494 e. The molecule has 0 spiro atoms. The molecule has 1 fully saturated rings. The van der Waals surface area contributed by atoms with Crippen LogP contribution in [-0.2, 0) is 7.05 Å². The third-order valence-electron chi connectivity index (χ3n) is 4.94. The van der Waals surface area contributed by atoms with Crippen LogP contribution in [0.4, 0.5) is 5.69 Å². The molecule has 154 valence electrons. The van der Waals surface area contributed by atoms with Gasteiger partial charge in [-0.05, 0) is 37.1 Å². The van der Waals surface area contributed by atoms with E-state index in [1.54, 1.807) is 43.3 Å². The highest BCUT2D eigenvalue weighted by molar-refractivity contribution is 8.13. The van der Waals surface area contributed by atoms with E-state index >= 15 is 0 Å². The van der Waals surface area contributed by atoms with Crippen LogP contribution in [0.1, 0.15) is 22.5 Å². The van der Waals surface area contributed by atoms with Crippen LogP contribution in [0.3, 0.4) is 0 Å². The van der Waals surface area contributed by atoms with Gasteiger partial charge in [0.05, 0.1) is 12.5 Å². The van der Waals surface area contributed by atoms with Crippen molar-refractivity contribution in [2.45, 2.75) is 13.3 Å². The summed E-state index contributed by atoms with van der Waals surface area (Å²) in [5.41, 5.74) is 1.75. The largest absolute Gasteiger partial charge is 0.494 e. The number of amidine groups is 1. The number of hydrogen-bond donors (Lipinski definition) is 0. The second kappa shape index (κ2) is 8.31. The highest BCUT2D eigenvalue weighted by atomic mass is 32.2. The normalized spacial score (nSPS) is 15.6. The Kier molecular flexibility index (Phi) is 5.59. The van der Waals surface area contributed by atoms with E-state index in [4.69, 9.17) is 9.73 Å². The minimum atomic E-state index is -0.264. The minimum absolute atomic E-state index is 0.228. The zero-order valence-electron chi connectivity index (χ0n) is 17.1. The van der Waals surface area contributed by atoms with E-state index in [0.717, 1.165) is 17.7 Å². The van der Waals surface area contributed by atoms with Gasteiger partial charge in [0, 0.05) is 24.7 Å². The molecule has 1 aliphatic rings. The average Bonchev–Trinajstić information content (AvgIpc) is 2.76. The van der Waals surface area contributed by atoms with E-state index in [0.29, 0.717) is 33.9 Å². The number of rotatable bonds is 3. The van der Waals surface area contributed by atoms with Crippen molar-refractivity contribution in [1.29, 1.82) is 0 Å². The first-order chi connectivity index (χ1) is 14.5. The number of carbonyl (C=O) groups is 1. The topological polar surface area (TPSA) is 76.8 Å². The summed E-state index contributed by atoms with van der Waals surface area (Å²) in [7, 11) is 3.16. The molecule has 1 aliphatic heterocycles. The fourth-order valence-corrected chi connectivity index (χ4v) is 4.37. The summed E-state index contributed by atoms with van der Waals surface area (Å²) in [5, 5.41) is 5.92. The van der Waals surface area contributed by atoms with Crippen LogP contribution >= 0.6 is 11.8 Å². The van der Waals surface area contributed by atoms with Crippen LogP contribution in [0.15, 0.2) is 52.3 Å².